The standard InChI is InChI=1S/C15H21BrN2O4/c1-15(2,3)22-14(21)17-8-4-5-13(20)18-11-9-10(16)6-7-12(11)19/h6-7,9,19H,4-5,8H2,1-3H3,(H,17,21)(H,18,20). The van der Waals surface area contributed by atoms with E-state index < -0.39 is 11.7 Å². The second-order valence-electron chi connectivity index (χ2n) is 5.74. The largest absolute Gasteiger partial charge is 0.506 e. The lowest BCUT2D eigenvalue weighted by atomic mass is 10.2. The van der Waals surface area contributed by atoms with Crippen LogP contribution in [-0.4, -0.2) is 29.3 Å². The van der Waals surface area contributed by atoms with Gasteiger partial charge in [-0.25, -0.2) is 4.79 Å². The minimum atomic E-state index is -0.542. The highest BCUT2D eigenvalue weighted by Gasteiger charge is 2.15. The fraction of sp³-hybridized carbons (Fsp3) is 0.467. The van der Waals surface area contributed by atoms with Gasteiger partial charge in [-0.15, -0.1) is 0 Å². The fourth-order valence-electron chi connectivity index (χ4n) is 1.57. The van der Waals surface area contributed by atoms with Gasteiger partial charge in [-0.3, -0.25) is 4.79 Å². The van der Waals surface area contributed by atoms with Crippen molar-refractivity contribution < 1.29 is 19.4 Å². The summed E-state index contributed by atoms with van der Waals surface area (Å²) in [5.74, 6) is -0.234. The second-order valence-corrected chi connectivity index (χ2v) is 6.66. The fourth-order valence-corrected chi connectivity index (χ4v) is 1.94. The minimum Gasteiger partial charge on any atom is -0.506 e. The summed E-state index contributed by atoms with van der Waals surface area (Å²) in [4.78, 5) is 23.2. The molecule has 7 heteroatoms. The van der Waals surface area contributed by atoms with Crippen molar-refractivity contribution in [2.45, 2.75) is 39.2 Å². The van der Waals surface area contributed by atoms with Gasteiger partial charge >= 0.3 is 6.09 Å². The average Bonchev–Trinajstić information content (AvgIpc) is 2.37. The molecule has 0 unspecified atom stereocenters. The molecular formula is C15H21BrN2O4. The number of phenols is 1. The number of hydrogen-bond acceptors (Lipinski definition) is 4. The molecule has 0 saturated carbocycles. The predicted molar refractivity (Wildman–Crippen MR) is 87.9 cm³/mol. The normalized spacial score (nSPS) is 10.9. The molecule has 1 aromatic carbocycles. The number of amides is 2. The molecule has 0 aliphatic carbocycles. The van der Waals surface area contributed by atoms with Crippen molar-refractivity contribution in [3.05, 3.63) is 22.7 Å². The van der Waals surface area contributed by atoms with Crippen molar-refractivity contribution >= 4 is 33.6 Å². The van der Waals surface area contributed by atoms with Gasteiger partial charge in [0.25, 0.3) is 0 Å². The molecule has 3 N–H and O–H groups in total. The van der Waals surface area contributed by atoms with Crippen molar-refractivity contribution in [2.24, 2.45) is 0 Å². The van der Waals surface area contributed by atoms with Gasteiger partial charge in [-0.1, -0.05) is 15.9 Å². The summed E-state index contributed by atoms with van der Waals surface area (Å²) in [6.07, 6.45) is 0.194. The van der Waals surface area contributed by atoms with E-state index in [4.69, 9.17) is 4.74 Å². The lowest BCUT2D eigenvalue weighted by Gasteiger charge is -2.19. The van der Waals surface area contributed by atoms with Crippen molar-refractivity contribution in [3.63, 3.8) is 0 Å². The Balaban J connectivity index is 2.29. The number of rotatable bonds is 5. The maximum atomic E-state index is 11.8. The van der Waals surface area contributed by atoms with Crippen LogP contribution in [0.5, 0.6) is 5.75 Å². The molecule has 22 heavy (non-hydrogen) atoms. The Kier molecular flexibility index (Phi) is 6.67. The Morgan fingerprint density at radius 1 is 1.32 bits per heavy atom. The van der Waals surface area contributed by atoms with Crippen molar-refractivity contribution in [1.82, 2.24) is 5.32 Å². The maximum Gasteiger partial charge on any atom is 0.407 e. The quantitative estimate of drug-likeness (QED) is 0.545. The van der Waals surface area contributed by atoms with E-state index in [0.29, 0.717) is 18.7 Å². The zero-order chi connectivity index (χ0) is 16.8. The molecule has 0 radical (unpaired) electrons. The molecule has 0 aliphatic heterocycles. The van der Waals surface area contributed by atoms with Crippen molar-refractivity contribution in [2.75, 3.05) is 11.9 Å². The van der Waals surface area contributed by atoms with Gasteiger partial charge in [0, 0.05) is 17.4 Å². The first-order valence-electron chi connectivity index (χ1n) is 6.92. The molecule has 1 rings (SSSR count). The van der Waals surface area contributed by atoms with E-state index in [1.807, 2.05) is 0 Å². The molecule has 0 bridgehead atoms. The Hall–Kier alpha value is -1.76. The topological polar surface area (TPSA) is 87.7 Å². The summed E-state index contributed by atoms with van der Waals surface area (Å²) in [5.41, 5.74) is -0.195. The Labute approximate surface area is 138 Å². The van der Waals surface area contributed by atoms with Crippen LogP contribution in [0.1, 0.15) is 33.6 Å². The lowest BCUT2D eigenvalue weighted by molar-refractivity contribution is -0.116. The number of carbonyl (C=O) groups is 2. The molecule has 0 atom stereocenters. The van der Waals surface area contributed by atoms with E-state index in [0.717, 1.165) is 4.47 Å². The van der Waals surface area contributed by atoms with Crippen LogP contribution in [0, 0.1) is 0 Å². The van der Waals surface area contributed by atoms with Gasteiger partial charge in [0.15, 0.2) is 0 Å². The summed E-state index contributed by atoms with van der Waals surface area (Å²) in [7, 11) is 0. The van der Waals surface area contributed by atoms with Crippen LogP contribution in [-0.2, 0) is 9.53 Å². The van der Waals surface area contributed by atoms with Crippen molar-refractivity contribution in [3.8, 4) is 5.75 Å². The highest BCUT2D eigenvalue weighted by Crippen LogP contribution is 2.26. The number of carbonyl (C=O) groups excluding carboxylic acids is 2. The number of halogens is 1. The molecule has 122 valence electrons. The summed E-state index contributed by atoms with van der Waals surface area (Å²) >= 11 is 3.27. The monoisotopic (exact) mass is 372 g/mol. The minimum absolute atomic E-state index is 0.00318. The molecule has 0 saturated heterocycles. The summed E-state index contributed by atoms with van der Waals surface area (Å²) in [5, 5.41) is 14.8. The number of hydrogen-bond donors (Lipinski definition) is 3. The highest BCUT2D eigenvalue weighted by atomic mass is 79.9. The van der Waals surface area contributed by atoms with Crippen LogP contribution < -0.4 is 10.6 Å². The van der Waals surface area contributed by atoms with E-state index in [2.05, 4.69) is 26.6 Å². The van der Waals surface area contributed by atoms with E-state index in [9.17, 15) is 14.7 Å². The highest BCUT2D eigenvalue weighted by molar-refractivity contribution is 9.10. The summed E-state index contributed by atoms with van der Waals surface area (Å²) in [6, 6.07) is 4.78. The first kappa shape index (κ1) is 18.3. The number of phenolic OH excluding ortho intramolecular Hbond substituents is 1. The zero-order valence-electron chi connectivity index (χ0n) is 12.9. The third kappa shape index (κ3) is 7.31. The molecule has 2 amide bonds. The van der Waals surface area contributed by atoms with Gasteiger partial charge in [0.2, 0.25) is 5.91 Å². The molecule has 6 nitrogen and oxygen atoms in total. The first-order chi connectivity index (χ1) is 10.2. The van der Waals surface area contributed by atoms with Crippen LogP contribution in [0.3, 0.4) is 0 Å². The van der Waals surface area contributed by atoms with E-state index >= 15 is 0 Å². The van der Waals surface area contributed by atoms with Gasteiger partial charge < -0.3 is 20.5 Å². The van der Waals surface area contributed by atoms with Gasteiger partial charge in [-0.2, -0.15) is 0 Å². The predicted octanol–water partition coefficient (Wildman–Crippen LogP) is 3.40. The summed E-state index contributed by atoms with van der Waals surface area (Å²) in [6.45, 7) is 5.69. The number of alkyl carbamates (subject to hydrolysis) is 1. The third-order valence-corrected chi connectivity index (χ3v) is 2.97. The van der Waals surface area contributed by atoms with E-state index in [-0.39, 0.29) is 18.1 Å². The van der Waals surface area contributed by atoms with E-state index in [1.165, 1.54) is 6.07 Å². The molecule has 1 aromatic rings. The number of nitrogens with one attached hydrogen (secondary N) is 2. The van der Waals surface area contributed by atoms with Crippen molar-refractivity contribution in [1.29, 1.82) is 0 Å². The smallest absolute Gasteiger partial charge is 0.407 e. The van der Waals surface area contributed by atoms with Crippen LogP contribution in [0.2, 0.25) is 0 Å². The molecule has 0 aromatic heterocycles. The number of anilines is 1. The molecule has 0 heterocycles. The van der Waals surface area contributed by atoms with Crippen LogP contribution in [0.15, 0.2) is 22.7 Å². The van der Waals surface area contributed by atoms with E-state index in [1.54, 1.807) is 32.9 Å². The number of ether oxygens (including phenoxy) is 1. The van der Waals surface area contributed by atoms with Crippen LogP contribution >= 0.6 is 15.9 Å². The Morgan fingerprint density at radius 3 is 2.64 bits per heavy atom. The van der Waals surface area contributed by atoms with Gasteiger partial charge in [0.05, 0.1) is 5.69 Å². The Morgan fingerprint density at radius 2 is 2.00 bits per heavy atom. The number of aromatic hydroxyl groups is 1. The number of benzene rings is 1. The SMILES string of the molecule is CC(C)(C)OC(=O)NCCCC(=O)Nc1cc(Br)ccc1O. The summed E-state index contributed by atoms with van der Waals surface area (Å²) < 4.78 is 5.84. The van der Waals surface area contributed by atoms with Gasteiger partial charge in [0.1, 0.15) is 11.4 Å². The molecule has 0 spiro atoms. The Bertz CT molecular complexity index is 541. The zero-order valence-corrected chi connectivity index (χ0v) is 14.5. The first-order valence-corrected chi connectivity index (χ1v) is 7.72. The average molecular weight is 373 g/mol. The van der Waals surface area contributed by atoms with Crippen LogP contribution in [0.25, 0.3) is 0 Å². The molecule has 0 aliphatic rings. The second kappa shape index (κ2) is 8.03. The third-order valence-electron chi connectivity index (χ3n) is 2.48. The lowest BCUT2D eigenvalue weighted by Crippen LogP contribution is -2.33. The molecular weight excluding hydrogens is 352 g/mol. The van der Waals surface area contributed by atoms with Gasteiger partial charge in [-0.05, 0) is 45.4 Å². The molecule has 0 fully saturated rings. The van der Waals surface area contributed by atoms with Crippen LogP contribution in [0.4, 0.5) is 10.5 Å². The maximum absolute atomic E-state index is 11.8.